The Hall–Kier alpha value is -1.43. The van der Waals surface area contributed by atoms with E-state index in [4.69, 9.17) is 0 Å². The minimum Gasteiger partial charge on any atom is -1.00 e. The molecule has 0 spiro atoms. The smallest absolute Gasteiger partial charge is 0.169 e. The molecule has 19 heavy (non-hydrogen) atoms. The molecule has 4 heteroatoms. The second-order valence-electron chi connectivity index (χ2n) is 4.43. The summed E-state index contributed by atoms with van der Waals surface area (Å²) in [4.78, 5) is 7.94. The summed E-state index contributed by atoms with van der Waals surface area (Å²) >= 11 is 0. The maximum atomic E-state index is 4.59. The van der Waals surface area contributed by atoms with Crippen molar-refractivity contribution in [2.45, 2.75) is 19.9 Å². The highest BCUT2D eigenvalue weighted by Crippen LogP contribution is 2.18. The van der Waals surface area contributed by atoms with E-state index in [1.54, 1.807) is 0 Å². The molecule has 0 bridgehead atoms. The molecule has 0 aliphatic heterocycles. The molecule has 0 atom stereocenters. The van der Waals surface area contributed by atoms with Gasteiger partial charge in [0.05, 0.1) is 11.0 Å². The minimum absolute atomic E-state index is 0. The van der Waals surface area contributed by atoms with Gasteiger partial charge in [-0.3, -0.25) is 0 Å². The van der Waals surface area contributed by atoms with Gasteiger partial charge in [-0.05, 0) is 12.1 Å². The molecule has 1 aromatic carbocycles. The molecular weight excluding hydrogens is 349 g/mol. The highest BCUT2D eigenvalue weighted by atomic mass is 127. The number of halogens is 1. The number of aromatic amines is 1. The van der Waals surface area contributed by atoms with Gasteiger partial charge in [-0.25, -0.2) is 9.55 Å². The van der Waals surface area contributed by atoms with Gasteiger partial charge in [0.2, 0.25) is 0 Å². The number of hydrogen-bond donors (Lipinski definition) is 1. The van der Waals surface area contributed by atoms with E-state index >= 15 is 0 Å². The Kier molecular flexibility index (Phi) is 4.52. The Bertz CT molecular complexity index is 625. The lowest BCUT2D eigenvalue weighted by atomic mass is 10.2. The molecule has 0 radical (unpaired) electrons. The summed E-state index contributed by atoms with van der Waals surface area (Å²) in [5, 5.41) is 0. The number of nitrogens with one attached hydrogen (secondary N) is 1. The van der Waals surface area contributed by atoms with E-state index in [1.165, 1.54) is 0 Å². The second-order valence-corrected chi connectivity index (χ2v) is 4.43. The van der Waals surface area contributed by atoms with Crippen LogP contribution < -0.4 is 28.5 Å². The van der Waals surface area contributed by atoms with E-state index in [-0.39, 0.29) is 24.0 Å². The van der Waals surface area contributed by atoms with Crippen LogP contribution >= 0.6 is 0 Å². The molecule has 2 heterocycles. The summed E-state index contributed by atoms with van der Waals surface area (Å²) in [7, 11) is 0. The lowest BCUT2D eigenvalue weighted by molar-refractivity contribution is -0.696. The number of rotatable bonds is 3. The monoisotopic (exact) mass is 365 g/mol. The highest BCUT2D eigenvalue weighted by Gasteiger charge is 2.06. The van der Waals surface area contributed by atoms with Crippen LogP contribution in [0.25, 0.3) is 22.4 Å². The first-order valence-corrected chi connectivity index (χ1v) is 6.31. The third-order valence-corrected chi connectivity index (χ3v) is 3.04. The first kappa shape index (κ1) is 14.0. The molecule has 0 unspecified atom stereocenters. The van der Waals surface area contributed by atoms with Gasteiger partial charge in [-0.1, -0.05) is 19.1 Å². The average Bonchev–Trinajstić information content (AvgIpc) is 2.84. The van der Waals surface area contributed by atoms with Crippen LogP contribution in [0.4, 0.5) is 0 Å². The number of benzene rings is 1. The van der Waals surface area contributed by atoms with Gasteiger partial charge in [-0.15, -0.1) is 0 Å². The topological polar surface area (TPSA) is 32.6 Å². The van der Waals surface area contributed by atoms with Crippen molar-refractivity contribution in [3.63, 3.8) is 0 Å². The van der Waals surface area contributed by atoms with Crippen molar-refractivity contribution < 1.29 is 28.5 Å². The summed E-state index contributed by atoms with van der Waals surface area (Å²) < 4.78 is 2.19. The van der Waals surface area contributed by atoms with Gasteiger partial charge in [0, 0.05) is 24.1 Å². The van der Waals surface area contributed by atoms with Gasteiger partial charge in [0.15, 0.2) is 12.4 Å². The number of para-hydroxylation sites is 2. The largest absolute Gasteiger partial charge is 1.00 e. The number of pyridine rings is 1. The van der Waals surface area contributed by atoms with Gasteiger partial charge in [0.1, 0.15) is 12.4 Å². The lowest BCUT2D eigenvalue weighted by Gasteiger charge is -1.96. The zero-order valence-electron chi connectivity index (χ0n) is 10.8. The molecule has 0 saturated carbocycles. The maximum absolute atomic E-state index is 4.59. The van der Waals surface area contributed by atoms with Crippen molar-refractivity contribution in [3.8, 4) is 11.4 Å². The first-order chi connectivity index (χ1) is 8.86. The molecule has 3 rings (SSSR count). The van der Waals surface area contributed by atoms with Gasteiger partial charge >= 0.3 is 0 Å². The van der Waals surface area contributed by atoms with Crippen LogP contribution in [0.15, 0.2) is 48.8 Å². The molecular formula is C15H16IN3. The molecule has 1 N–H and O–H groups in total. The lowest BCUT2D eigenvalue weighted by Crippen LogP contribution is -3.00. The van der Waals surface area contributed by atoms with Crippen molar-refractivity contribution in [2.24, 2.45) is 0 Å². The molecule has 3 aromatic rings. The van der Waals surface area contributed by atoms with Crippen molar-refractivity contribution in [3.05, 3.63) is 48.8 Å². The summed E-state index contributed by atoms with van der Waals surface area (Å²) in [6.45, 7) is 3.24. The van der Waals surface area contributed by atoms with Crippen molar-refractivity contribution in [2.75, 3.05) is 0 Å². The number of fused-ring (bicyclic) bond motifs is 1. The van der Waals surface area contributed by atoms with Crippen LogP contribution in [0.1, 0.15) is 13.3 Å². The fourth-order valence-electron chi connectivity index (χ4n) is 2.11. The second kappa shape index (κ2) is 6.14. The summed E-state index contributed by atoms with van der Waals surface area (Å²) in [5.41, 5.74) is 3.22. The molecule has 0 aliphatic carbocycles. The number of imidazole rings is 1. The fraction of sp³-hybridized carbons (Fsp3) is 0.200. The number of hydrogen-bond acceptors (Lipinski definition) is 1. The standard InChI is InChI=1S/C15H15N3.HI/c1-2-9-18-10-7-12(8-11-18)15-16-13-5-3-4-6-14(13)17-15;/h3-8,10-11H,2,9H2,1H3;1H. The third kappa shape index (κ3) is 2.94. The highest BCUT2D eigenvalue weighted by molar-refractivity contribution is 5.78. The molecule has 2 aromatic heterocycles. The zero-order valence-corrected chi connectivity index (χ0v) is 13.0. The van der Waals surface area contributed by atoms with Gasteiger partial charge in [-0.2, -0.15) is 0 Å². The number of aromatic nitrogens is 3. The van der Waals surface area contributed by atoms with E-state index < -0.39 is 0 Å². The Morgan fingerprint density at radius 3 is 2.53 bits per heavy atom. The summed E-state index contributed by atoms with van der Waals surface area (Å²) in [6, 6.07) is 12.3. The Labute approximate surface area is 129 Å². The fourth-order valence-corrected chi connectivity index (χ4v) is 2.11. The van der Waals surface area contributed by atoms with Crippen LogP contribution in [0, 0.1) is 0 Å². The van der Waals surface area contributed by atoms with Crippen LogP contribution in [0.3, 0.4) is 0 Å². The van der Waals surface area contributed by atoms with Crippen molar-refractivity contribution >= 4 is 11.0 Å². The zero-order chi connectivity index (χ0) is 12.4. The Morgan fingerprint density at radius 1 is 1.11 bits per heavy atom. The third-order valence-electron chi connectivity index (χ3n) is 3.04. The average molecular weight is 365 g/mol. The Balaban J connectivity index is 0.00000133. The molecule has 0 fully saturated rings. The molecule has 98 valence electrons. The normalized spacial score (nSPS) is 10.4. The van der Waals surface area contributed by atoms with Gasteiger partial charge in [0.25, 0.3) is 0 Å². The van der Waals surface area contributed by atoms with Crippen LogP contribution in [-0.4, -0.2) is 9.97 Å². The predicted molar refractivity (Wildman–Crippen MR) is 72.0 cm³/mol. The molecule has 3 nitrogen and oxygen atoms in total. The SMILES string of the molecule is CCC[n+]1ccc(-c2nc3ccccc3[nH]2)cc1.[I-]. The quantitative estimate of drug-likeness (QED) is 0.512. The van der Waals surface area contributed by atoms with Crippen LogP contribution in [-0.2, 0) is 6.54 Å². The predicted octanol–water partition coefficient (Wildman–Crippen LogP) is -0.0686. The minimum atomic E-state index is 0. The maximum Gasteiger partial charge on any atom is 0.169 e. The van der Waals surface area contributed by atoms with Crippen LogP contribution in [0.2, 0.25) is 0 Å². The van der Waals surface area contributed by atoms with E-state index in [1.807, 2.05) is 24.3 Å². The van der Waals surface area contributed by atoms with Crippen molar-refractivity contribution in [1.29, 1.82) is 0 Å². The summed E-state index contributed by atoms with van der Waals surface area (Å²) in [6.07, 6.45) is 5.35. The van der Waals surface area contributed by atoms with Gasteiger partial charge < -0.3 is 29.0 Å². The number of aryl methyl sites for hydroxylation is 1. The molecule has 0 amide bonds. The van der Waals surface area contributed by atoms with Crippen LogP contribution in [0.5, 0.6) is 0 Å². The van der Waals surface area contributed by atoms with E-state index in [2.05, 4.69) is 46.0 Å². The first-order valence-electron chi connectivity index (χ1n) is 6.31. The molecule has 0 aliphatic rings. The van der Waals surface area contributed by atoms with E-state index in [0.29, 0.717) is 0 Å². The summed E-state index contributed by atoms with van der Waals surface area (Å²) in [5.74, 6) is 0.930. The van der Waals surface area contributed by atoms with E-state index in [9.17, 15) is 0 Å². The number of nitrogens with zero attached hydrogens (tertiary/aromatic N) is 2. The molecule has 0 saturated heterocycles. The number of H-pyrrole nitrogens is 1. The van der Waals surface area contributed by atoms with Crippen molar-refractivity contribution in [1.82, 2.24) is 9.97 Å². The Morgan fingerprint density at radius 2 is 1.84 bits per heavy atom. The van der Waals surface area contributed by atoms with E-state index in [0.717, 1.165) is 35.4 Å².